The summed E-state index contributed by atoms with van der Waals surface area (Å²) in [6.07, 6.45) is 3.89. The van der Waals surface area contributed by atoms with Crippen LogP contribution in [0.1, 0.15) is 47.4 Å². The summed E-state index contributed by atoms with van der Waals surface area (Å²) in [6, 6.07) is 11.0. The first-order chi connectivity index (χ1) is 16.8. The zero-order chi connectivity index (χ0) is 24.6. The third-order valence-corrected chi connectivity index (χ3v) is 9.33. The summed E-state index contributed by atoms with van der Waals surface area (Å²) in [7, 11) is -3.76. The number of hydrogen-bond acceptors (Lipinski definition) is 6. The number of rotatable bonds is 7. The molecule has 0 saturated carbocycles. The van der Waals surface area contributed by atoms with Crippen LogP contribution in [-0.2, 0) is 33.4 Å². The molecule has 0 unspecified atom stereocenters. The van der Waals surface area contributed by atoms with Gasteiger partial charge in [-0.05, 0) is 37.5 Å². The van der Waals surface area contributed by atoms with Crippen molar-refractivity contribution < 1.29 is 26.4 Å². The van der Waals surface area contributed by atoms with Gasteiger partial charge in [-0.1, -0.05) is 30.3 Å². The fourth-order valence-corrected chi connectivity index (χ4v) is 7.03. The van der Waals surface area contributed by atoms with Crippen LogP contribution in [0.4, 0.5) is 8.78 Å². The Morgan fingerprint density at radius 1 is 1.14 bits per heavy atom. The van der Waals surface area contributed by atoms with Crippen LogP contribution in [-0.4, -0.2) is 37.0 Å². The molecule has 0 aliphatic carbocycles. The van der Waals surface area contributed by atoms with Crippen molar-refractivity contribution >= 4 is 10.0 Å². The number of aromatic nitrogens is 1. The molecule has 3 aromatic rings. The molecule has 2 aromatic carbocycles. The predicted octanol–water partition coefficient (Wildman–Crippen LogP) is 4.02. The van der Waals surface area contributed by atoms with Crippen LogP contribution in [0.2, 0.25) is 0 Å². The Kier molecular flexibility index (Phi) is 6.47. The number of hydrogen-bond donors (Lipinski definition) is 1. The van der Waals surface area contributed by atoms with Gasteiger partial charge in [0.2, 0.25) is 10.0 Å². The van der Waals surface area contributed by atoms with Crippen LogP contribution < -0.4 is 5.32 Å². The first kappa shape index (κ1) is 24.1. The lowest BCUT2D eigenvalue weighted by molar-refractivity contribution is -0.0814. The molecule has 1 aromatic heterocycles. The summed E-state index contributed by atoms with van der Waals surface area (Å²) in [5.74, 6) is -1.26. The van der Waals surface area contributed by atoms with Crippen LogP contribution in [0, 0.1) is 11.6 Å². The third kappa shape index (κ3) is 4.51. The summed E-state index contributed by atoms with van der Waals surface area (Å²) < 4.78 is 69.2. The summed E-state index contributed by atoms with van der Waals surface area (Å²) in [4.78, 5) is 4.04. The third-order valence-electron chi connectivity index (χ3n) is 6.96. The van der Waals surface area contributed by atoms with Crippen LogP contribution in [0.3, 0.4) is 0 Å². The number of nitrogens with zero attached hydrogens (tertiary/aromatic N) is 2. The molecule has 0 bridgehead atoms. The van der Waals surface area contributed by atoms with Crippen molar-refractivity contribution in [2.45, 2.75) is 49.7 Å². The Bertz CT molecular complexity index is 1280. The highest BCUT2D eigenvalue weighted by molar-refractivity contribution is 7.89. The second-order valence-electron chi connectivity index (χ2n) is 9.25. The highest BCUT2D eigenvalue weighted by atomic mass is 32.2. The van der Waals surface area contributed by atoms with Crippen molar-refractivity contribution in [3.05, 3.63) is 89.1 Å². The highest BCUT2D eigenvalue weighted by Crippen LogP contribution is 2.39. The minimum atomic E-state index is -3.76. The lowest BCUT2D eigenvalue weighted by Crippen LogP contribution is -2.57. The number of sulfonamides is 1. The minimum absolute atomic E-state index is 0.00211. The first-order valence-electron chi connectivity index (χ1n) is 11.5. The molecule has 2 atom stereocenters. The maximum absolute atomic E-state index is 15.3. The number of halogens is 2. The maximum Gasteiger partial charge on any atom is 0.221 e. The molecule has 7 nitrogen and oxygen atoms in total. The van der Waals surface area contributed by atoms with E-state index in [1.54, 1.807) is 31.2 Å². The number of oxazole rings is 1. The molecule has 0 spiro atoms. The molecular formula is C25H27F2N3O4S. The quantitative estimate of drug-likeness (QED) is 0.524. The van der Waals surface area contributed by atoms with E-state index in [-0.39, 0.29) is 36.9 Å². The van der Waals surface area contributed by atoms with Crippen LogP contribution in [0.5, 0.6) is 0 Å². The lowest BCUT2D eigenvalue weighted by Gasteiger charge is -2.43. The fourth-order valence-electron chi connectivity index (χ4n) is 4.84. The van der Waals surface area contributed by atoms with Crippen molar-refractivity contribution in [1.29, 1.82) is 0 Å². The van der Waals surface area contributed by atoms with Gasteiger partial charge in [-0.15, -0.1) is 0 Å². The van der Waals surface area contributed by atoms with E-state index in [1.807, 2.05) is 6.07 Å². The van der Waals surface area contributed by atoms with Crippen molar-refractivity contribution in [3.8, 4) is 0 Å². The van der Waals surface area contributed by atoms with Crippen molar-refractivity contribution in [1.82, 2.24) is 14.6 Å². The largest absolute Gasteiger partial charge is 0.451 e. The topological polar surface area (TPSA) is 84.7 Å². The molecular weight excluding hydrogens is 476 g/mol. The van der Waals surface area contributed by atoms with Crippen LogP contribution in [0.25, 0.3) is 0 Å². The Morgan fingerprint density at radius 2 is 1.91 bits per heavy atom. The monoisotopic (exact) mass is 503 g/mol. The fraction of sp³-hybridized carbons (Fsp3) is 0.400. The average molecular weight is 504 g/mol. The van der Waals surface area contributed by atoms with Gasteiger partial charge in [0.1, 0.15) is 23.1 Å². The molecule has 2 saturated heterocycles. The van der Waals surface area contributed by atoms with Gasteiger partial charge in [0.15, 0.2) is 6.39 Å². The molecule has 2 aliphatic rings. The Labute approximate surface area is 203 Å². The molecule has 0 radical (unpaired) electrons. The second kappa shape index (κ2) is 9.42. The first-order valence-corrected chi connectivity index (χ1v) is 13.0. The second-order valence-corrected chi connectivity index (χ2v) is 11.3. The van der Waals surface area contributed by atoms with Gasteiger partial charge in [-0.25, -0.2) is 22.2 Å². The number of nitrogens with one attached hydrogen (secondary N) is 1. The van der Waals surface area contributed by atoms with Crippen molar-refractivity contribution in [2.75, 3.05) is 13.2 Å². The van der Waals surface area contributed by atoms with Crippen LogP contribution in [0.15, 0.2) is 59.5 Å². The van der Waals surface area contributed by atoms with E-state index >= 15 is 8.78 Å². The predicted molar refractivity (Wildman–Crippen MR) is 125 cm³/mol. The lowest BCUT2D eigenvalue weighted by atomic mass is 9.86. The van der Waals surface area contributed by atoms with Crippen molar-refractivity contribution in [2.24, 2.45) is 0 Å². The molecule has 5 rings (SSSR count). The smallest absolute Gasteiger partial charge is 0.221 e. The number of ether oxygens (including phenoxy) is 1. The van der Waals surface area contributed by atoms with E-state index in [2.05, 4.69) is 10.3 Å². The summed E-state index contributed by atoms with van der Waals surface area (Å²) in [6.45, 7) is 2.22. The van der Waals surface area contributed by atoms with Gasteiger partial charge in [0.25, 0.3) is 0 Å². The van der Waals surface area contributed by atoms with E-state index in [1.165, 1.54) is 17.0 Å². The molecule has 0 amide bonds. The molecule has 1 N–H and O–H groups in total. The number of benzene rings is 2. The Balaban J connectivity index is 1.40. The van der Waals surface area contributed by atoms with Crippen LogP contribution >= 0.6 is 0 Å². The van der Waals surface area contributed by atoms with Gasteiger partial charge < -0.3 is 9.15 Å². The van der Waals surface area contributed by atoms with Gasteiger partial charge in [0, 0.05) is 30.3 Å². The van der Waals surface area contributed by atoms with Crippen molar-refractivity contribution in [3.63, 3.8) is 0 Å². The van der Waals surface area contributed by atoms with E-state index in [0.717, 1.165) is 12.1 Å². The summed E-state index contributed by atoms with van der Waals surface area (Å²) in [5, 5.41) is 2.50. The summed E-state index contributed by atoms with van der Waals surface area (Å²) in [5.41, 5.74) is 0.584. The molecule has 3 heterocycles. The van der Waals surface area contributed by atoms with Gasteiger partial charge >= 0.3 is 0 Å². The van der Waals surface area contributed by atoms with E-state index in [4.69, 9.17) is 9.15 Å². The molecule has 2 fully saturated rings. The standard InChI is InChI=1S/C25H27F2N3O4S/c1-17-7-8-24(18-5-3-2-4-6-18)35(31,32)30(17)12-19-9-23(27)21(10-22(19)26)25(14-34-15-25)29-11-20-13-33-16-28-20/h2-6,9-10,13,16-17,24,29H,7-8,11-12,14-15H2,1H3/t17-,24+/m0/s1. The SMILES string of the molecule is C[C@H]1CC[C@H](c2ccccc2)S(=O)(=O)N1Cc1cc(F)c(C2(NCc3cocn3)COC2)cc1F. The van der Waals surface area contributed by atoms with E-state index < -0.39 is 32.4 Å². The maximum atomic E-state index is 15.3. The van der Waals surface area contributed by atoms with E-state index in [9.17, 15) is 8.42 Å². The Morgan fingerprint density at radius 3 is 2.57 bits per heavy atom. The molecule has 35 heavy (non-hydrogen) atoms. The van der Waals surface area contributed by atoms with E-state index in [0.29, 0.717) is 30.6 Å². The average Bonchev–Trinajstić information content (AvgIpc) is 3.32. The molecule has 10 heteroatoms. The molecule has 2 aliphatic heterocycles. The zero-order valence-corrected chi connectivity index (χ0v) is 20.1. The summed E-state index contributed by atoms with van der Waals surface area (Å²) >= 11 is 0. The highest BCUT2D eigenvalue weighted by Gasteiger charge is 2.44. The normalized spacial score (nSPS) is 23.6. The van der Waals surface area contributed by atoms with Gasteiger partial charge in [-0.2, -0.15) is 4.31 Å². The zero-order valence-electron chi connectivity index (χ0n) is 19.3. The molecule has 186 valence electrons. The van der Waals surface area contributed by atoms with Gasteiger partial charge in [0.05, 0.1) is 24.4 Å². The Hall–Kier alpha value is -2.66. The van der Waals surface area contributed by atoms with Gasteiger partial charge in [-0.3, -0.25) is 5.32 Å². The minimum Gasteiger partial charge on any atom is -0.451 e.